The summed E-state index contributed by atoms with van der Waals surface area (Å²) in [6, 6.07) is 10.6. The number of carbonyl (C=O) groups is 1. The molecule has 3 rings (SSSR count). The highest BCUT2D eigenvalue weighted by molar-refractivity contribution is 5.96. The van der Waals surface area contributed by atoms with Gasteiger partial charge in [0.1, 0.15) is 11.3 Å². The fourth-order valence-corrected chi connectivity index (χ4v) is 4.18. The van der Waals surface area contributed by atoms with Crippen LogP contribution < -0.4 is 5.32 Å². The maximum atomic E-state index is 12.5. The van der Waals surface area contributed by atoms with E-state index in [0.717, 1.165) is 25.9 Å². The van der Waals surface area contributed by atoms with E-state index in [0.29, 0.717) is 23.6 Å². The number of benzene rings is 1. The lowest BCUT2D eigenvalue weighted by molar-refractivity contribution is -0.0838. The Balaban J connectivity index is 1.74. The van der Waals surface area contributed by atoms with Gasteiger partial charge in [0, 0.05) is 18.6 Å². The number of carbonyl (C=O) groups excluding carboxylic acids is 1. The Labute approximate surface area is 155 Å². The van der Waals surface area contributed by atoms with Gasteiger partial charge in [-0.15, -0.1) is 0 Å². The molecule has 5 nitrogen and oxygen atoms in total. The van der Waals surface area contributed by atoms with Crippen molar-refractivity contribution in [2.45, 2.75) is 58.0 Å². The first kappa shape index (κ1) is 18.6. The third-order valence-corrected chi connectivity index (χ3v) is 5.37. The number of ether oxygens (including phenoxy) is 1. The number of aryl methyl sites for hydroxylation is 2. The number of amides is 1. The highest BCUT2D eigenvalue weighted by atomic mass is 16.5. The third kappa shape index (κ3) is 3.83. The van der Waals surface area contributed by atoms with Gasteiger partial charge >= 0.3 is 0 Å². The first-order valence-electron chi connectivity index (χ1n) is 9.24. The molecule has 1 aromatic carbocycles. The summed E-state index contributed by atoms with van der Waals surface area (Å²) in [5, 5.41) is 6.92. The number of nitrogens with one attached hydrogen (secondary N) is 1. The van der Waals surface area contributed by atoms with E-state index in [9.17, 15) is 4.79 Å². The molecule has 1 fully saturated rings. The van der Waals surface area contributed by atoms with E-state index in [-0.39, 0.29) is 16.9 Å². The smallest absolute Gasteiger partial charge is 0.256 e. The van der Waals surface area contributed by atoms with Gasteiger partial charge in [0.15, 0.2) is 0 Å². The summed E-state index contributed by atoms with van der Waals surface area (Å²) in [7, 11) is 0. The first-order chi connectivity index (χ1) is 12.3. The number of nitrogens with zero attached hydrogens (tertiary/aromatic N) is 1. The molecule has 2 aromatic rings. The molecule has 1 saturated heterocycles. The molecule has 0 radical (unpaired) electrons. The van der Waals surface area contributed by atoms with Crippen molar-refractivity contribution < 1.29 is 14.1 Å². The van der Waals surface area contributed by atoms with E-state index in [1.807, 2.05) is 6.07 Å². The lowest BCUT2D eigenvalue weighted by atomic mass is 9.67. The average Bonchev–Trinajstić information content (AvgIpc) is 2.93. The zero-order chi connectivity index (χ0) is 18.8. The van der Waals surface area contributed by atoms with Crippen molar-refractivity contribution in [1.82, 2.24) is 10.5 Å². The molecule has 2 heterocycles. The van der Waals surface area contributed by atoms with Crippen LogP contribution in [-0.4, -0.2) is 29.8 Å². The molecule has 0 bridgehead atoms. The second-order valence-corrected chi connectivity index (χ2v) is 7.89. The van der Waals surface area contributed by atoms with E-state index >= 15 is 0 Å². The Morgan fingerprint density at radius 3 is 2.58 bits per heavy atom. The first-order valence-corrected chi connectivity index (χ1v) is 9.24. The molecule has 1 atom stereocenters. The van der Waals surface area contributed by atoms with Gasteiger partial charge in [0.2, 0.25) is 0 Å². The highest BCUT2D eigenvalue weighted by Gasteiger charge is 2.41. The maximum absolute atomic E-state index is 12.5. The summed E-state index contributed by atoms with van der Waals surface area (Å²) in [6.07, 6.45) is 2.77. The van der Waals surface area contributed by atoms with Crippen LogP contribution >= 0.6 is 0 Å². The summed E-state index contributed by atoms with van der Waals surface area (Å²) in [4.78, 5) is 12.5. The maximum Gasteiger partial charge on any atom is 0.256 e. The van der Waals surface area contributed by atoms with Gasteiger partial charge in [0.25, 0.3) is 5.91 Å². The van der Waals surface area contributed by atoms with Crippen LogP contribution in [0.1, 0.15) is 60.5 Å². The lowest BCUT2D eigenvalue weighted by Crippen LogP contribution is -2.45. The second kappa shape index (κ2) is 7.23. The average molecular weight is 356 g/mol. The van der Waals surface area contributed by atoms with Crippen molar-refractivity contribution in [3.8, 4) is 0 Å². The van der Waals surface area contributed by atoms with Gasteiger partial charge in [0.05, 0.1) is 11.3 Å². The van der Waals surface area contributed by atoms with Gasteiger partial charge in [-0.2, -0.15) is 0 Å². The number of rotatable bonds is 5. The molecule has 0 spiro atoms. The molecule has 0 unspecified atom stereocenters. The SMILES string of the molecule is Cc1noc(C)c1C(=O)NCC[C@]1(c2ccccc2)CCOC(C)(C)C1. The summed E-state index contributed by atoms with van der Waals surface area (Å²) < 4.78 is 11.1. The molecular weight excluding hydrogens is 328 g/mol. The fraction of sp³-hybridized carbons (Fsp3) is 0.524. The Morgan fingerprint density at radius 2 is 1.96 bits per heavy atom. The molecule has 0 saturated carbocycles. The molecule has 140 valence electrons. The minimum Gasteiger partial charge on any atom is -0.376 e. The third-order valence-electron chi connectivity index (χ3n) is 5.37. The Bertz CT molecular complexity index is 747. The normalized spacial score (nSPS) is 22.2. The van der Waals surface area contributed by atoms with Crippen LogP contribution in [0.25, 0.3) is 0 Å². The molecule has 0 aliphatic carbocycles. The molecule has 1 N–H and O–H groups in total. The second-order valence-electron chi connectivity index (χ2n) is 7.89. The van der Waals surface area contributed by atoms with Crippen LogP contribution in [0, 0.1) is 13.8 Å². The number of hydrogen-bond donors (Lipinski definition) is 1. The van der Waals surface area contributed by atoms with Gasteiger partial charge in [-0.1, -0.05) is 35.5 Å². The van der Waals surface area contributed by atoms with Crippen molar-refractivity contribution in [3.05, 3.63) is 52.9 Å². The van der Waals surface area contributed by atoms with E-state index < -0.39 is 0 Å². The molecule has 26 heavy (non-hydrogen) atoms. The fourth-order valence-electron chi connectivity index (χ4n) is 4.18. The van der Waals surface area contributed by atoms with Crippen molar-refractivity contribution in [2.24, 2.45) is 0 Å². The standard InChI is InChI=1S/C21H28N2O3/c1-15-18(16(2)26-23-15)19(24)22-12-10-21(17-8-6-5-7-9-17)11-13-25-20(3,4)14-21/h5-9H,10-14H2,1-4H3,(H,22,24)/t21-/m0/s1. The minimum atomic E-state index is -0.167. The van der Waals surface area contributed by atoms with Crippen molar-refractivity contribution in [2.75, 3.05) is 13.2 Å². The molecule has 1 amide bonds. The van der Waals surface area contributed by atoms with E-state index in [1.54, 1.807) is 13.8 Å². The number of aromatic nitrogens is 1. The van der Waals surface area contributed by atoms with Crippen molar-refractivity contribution >= 4 is 5.91 Å². The van der Waals surface area contributed by atoms with Crippen molar-refractivity contribution in [3.63, 3.8) is 0 Å². The van der Waals surface area contributed by atoms with Gasteiger partial charge in [-0.25, -0.2) is 0 Å². The Kier molecular flexibility index (Phi) is 5.19. The van der Waals surface area contributed by atoms with Gasteiger partial charge in [-0.3, -0.25) is 4.79 Å². The minimum absolute atomic E-state index is 0.00895. The molecule has 1 aliphatic heterocycles. The summed E-state index contributed by atoms with van der Waals surface area (Å²) in [6.45, 7) is 9.19. The Hall–Kier alpha value is -2.14. The molecule has 1 aliphatic rings. The number of hydrogen-bond acceptors (Lipinski definition) is 4. The topological polar surface area (TPSA) is 64.4 Å². The van der Waals surface area contributed by atoms with E-state index in [4.69, 9.17) is 9.26 Å². The summed E-state index contributed by atoms with van der Waals surface area (Å²) >= 11 is 0. The zero-order valence-corrected chi connectivity index (χ0v) is 16.1. The monoisotopic (exact) mass is 356 g/mol. The predicted molar refractivity (Wildman–Crippen MR) is 100 cm³/mol. The zero-order valence-electron chi connectivity index (χ0n) is 16.1. The Morgan fingerprint density at radius 1 is 1.23 bits per heavy atom. The van der Waals surface area contributed by atoms with Crippen LogP contribution in [0.2, 0.25) is 0 Å². The molecule has 5 heteroatoms. The van der Waals surface area contributed by atoms with Gasteiger partial charge in [-0.05, 0) is 52.5 Å². The lowest BCUT2D eigenvalue weighted by Gasteiger charge is -2.45. The molecular formula is C21H28N2O3. The molecule has 1 aromatic heterocycles. The highest BCUT2D eigenvalue weighted by Crippen LogP contribution is 2.43. The predicted octanol–water partition coefficient (Wildman–Crippen LogP) is 3.94. The van der Waals surface area contributed by atoms with Crippen LogP contribution in [0.15, 0.2) is 34.9 Å². The van der Waals surface area contributed by atoms with Crippen molar-refractivity contribution in [1.29, 1.82) is 0 Å². The van der Waals surface area contributed by atoms with Gasteiger partial charge < -0.3 is 14.6 Å². The van der Waals surface area contributed by atoms with E-state index in [1.165, 1.54) is 5.56 Å². The summed E-state index contributed by atoms with van der Waals surface area (Å²) in [5.41, 5.74) is 2.34. The van der Waals surface area contributed by atoms with Crippen LogP contribution in [0.4, 0.5) is 0 Å². The largest absolute Gasteiger partial charge is 0.376 e. The quantitative estimate of drug-likeness (QED) is 0.881. The van der Waals surface area contributed by atoms with Crippen LogP contribution in [0.5, 0.6) is 0 Å². The van der Waals surface area contributed by atoms with Crippen LogP contribution in [0.3, 0.4) is 0 Å². The van der Waals surface area contributed by atoms with E-state index in [2.05, 4.69) is 48.6 Å². The van der Waals surface area contributed by atoms with Crippen LogP contribution in [-0.2, 0) is 10.2 Å². The summed E-state index contributed by atoms with van der Waals surface area (Å²) in [5.74, 6) is 0.445.